The summed E-state index contributed by atoms with van der Waals surface area (Å²) in [6, 6.07) is 19.3. The lowest BCUT2D eigenvalue weighted by atomic mass is 10.2. The molecule has 156 valence electrons. The van der Waals surface area contributed by atoms with Gasteiger partial charge in [-0.05, 0) is 42.0 Å². The van der Waals surface area contributed by atoms with Gasteiger partial charge in [0.1, 0.15) is 0 Å². The highest BCUT2D eigenvalue weighted by Gasteiger charge is 2.20. The molecule has 2 heterocycles. The number of anilines is 1. The Labute approximate surface area is 180 Å². The number of nitrogens with one attached hydrogen (secondary N) is 2. The summed E-state index contributed by atoms with van der Waals surface area (Å²) in [7, 11) is -2.00. The van der Waals surface area contributed by atoms with E-state index in [1.54, 1.807) is 68.1 Å². The van der Waals surface area contributed by atoms with Gasteiger partial charge in [-0.25, -0.2) is 8.42 Å². The molecule has 2 N–H and O–H groups in total. The van der Waals surface area contributed by atoms with Crippen LogP contribution in [0.5, 0.6) is 0 Å². The van der Waals surface area contributed by atoms with Crippen molar-refractivity contribution in [3.63, 3.8) is 0 Å². The van der Waals surface area contributed by atoms with Crippen LogP contribution in [-0.2, 0) is 16.4 Å². The van der Waals surface area contributed by atoms with Crippen molar-refractivity contribution in [2.45, 2.75) is 16.3 Å². The molecule has 0 saturated carbocycles. The number of sulfone groups is 1. The average Bonchev–Trinajstić information content (AvgIpc) is 2.82. The van der Waals surface area contributed by atoms with Crippen LogP contribution in [0.15, 0.2) is 100 Å². The first-order chi connectivity index (χ1) is 15.1. The molecule has 2 aromatic carbocycles. The molecule has 0 fully saturated rings. The van der Waals surface area contributed by atoms with E-state index >= 15 is 0 Å². The number of aromatic nitrogens is 2. The Hall–Kier alpha value is -3.78. The van der Waals surface area contributed by atoms with Gasteiger partial charge in [0.05, 0.1) is 15.3 Å². The molecule has 8 heteroatoms. The predicted octanol–water partition coefficient (Wildman–Crippen LogP) is 3.65. The van der Waals surface area contributed by atoms with Crippen molar-refractivity contribution in [1.82, 2.24) is 15.3 Å². The largest absolute Gasteiger partial charge is 0.352 e. The summed E-state index contributed by atoms with van der Waals surface area (Å²) in [5.41, 5.74) is 2.27. The molecule has 0 aliphatic carbocycles. The zero-order chi connectivity index (χ0) is 21.7. The number of para-hydroxylation sites is 1. The van der Waals surface area contributed by atoms with E-state index < -0.39 is 9.84 Å². The highest BCUT2D eigenvalue weighted by Crippen LogP contribution is 2.27. The number of benzene rings is 2. The number of hydrogen-bond donors (Lipinski definition) is 2. The molecule has 0 amide bonds. The number of fused-ring (bicyclic) bond motifs is 1. The Morgan fingerprint density at radius 1 is 0.935 bits per heavy atom. The fourth-order valence-electron chi connectivity index (χ4n) is 3.14. The lowest BCUT2D eigenvalue weighted by molar-refractivity contribution is 0.596. The van der Waals surface area contributed by atoms with E-state index in [0.29, 0.717) is 18.0 Å². The topological polar surface area (TPSA) is 96.3 Å². The second-order valence-corrected chi connectivity index (χ2v) is 8.68. The summed E-state index contributed by atoms with van der Waals surface area (Å²) < 4.78 is 26.4. The predicted molar refractivity (Wildman–Crippen MR) is 122 cm³/mol. The minimum Gasteiger partial charge on any atom is -0.352 e. The molecule has 0 radical (unpaired) electrons. The summed E-state index contributed by atoms with van der Waals surface area (Å²) in [6.07, 6.45) is 4.99. The van der Waals surface area contributed by atoms with E-state index in [1.807, 2.05) is 24.3 Å². The van der Waals surface area contributed by atoms with Crippen LogP contribution in [-0.4, -0.2) is 31.4 Å². The second kappa shape index (κ2) is 8.93. The summed E-state index contributed by atoms with van der Waals surface area (Å²) >= 11 is 0. The maximum Gasteiger partial charge on any atom is 0.208 e. The monoisotopic (exact) mass is 431 g/mol. The number of aliphatic imine (C=N–C) groups is 1. The molecule has 4 rings (SSSR count). The molecule has 0 atom stereocenters. The molecule has 31 heavy (non-hydrogen) atoms. The van der Waals surface area contributed by atoms with Crippen LogP contribution in [0.25, 0.3) is 10.9 Å². The third kappa shape index (κ3) is 4.54. The molecule has 0 saturated heterocycles. The van der Waals surface area contributed by atoms with Gasteiger partial charge in [0.25, 0.3) is 0 Å². The molecule has 0 bridgehead atoms. The lowest BCUT2D eigenvalue weighted by Crippen LogP contribution is -2.30. The van der Waals surface area contributed by atoms with Gasteiger partial charge in [0.15, 0.2) is 5.96 Å². The minimum atomic E-state index is -3.68. The quantitative estimate of drug-likeness (QED) is 0.370. The fraction of sp³-hybridized carbons (Fsp3) is 0.0870. The fourth-order valence-corrected chi connectivity index (χ4v) is 4.57. The Bertz CT molecular complexity index is 1320. The lowest BCUT2D eigenvalue weighted by Gasteiger charge is -2.12. The highest BCUT2D eigenvalue weighted by molar-refractivity contribution is 7.91. The van der Waals surface area contributed by atoms with Crippen molar-refractivity contribution in [2.75, 3.05) is 12.4 Å². The van der Waals surface area contributed by atoms with Gasteiger partial charge in [-0.1, -0.05) is 30.3 Å². The van der Waals surface area contributed by atoms with E-state index in [9.17, 15) is 8.42 Å². The highest BCUT2D eigenvalue weighted by atomic mass is 32.2. The van der Waals surface area contributed by atoms with Crippen molar-refractivity contribution in [3.05, 3.63) is 90.9 Å². The Morgan fingerprint density at radius 2 is 1.68 bits per heavy atom. The second-order valence-electron chi connectivity index (χ2n) is 6.77. The van der Waals surface area contributed by atoms with Gasteiger partial charge in [-0.2, -0.15) is 0 Å². The van der Waals surface area contributed by atoms with Crippen LogP contribution in [0, 0.1) is 0 Å². The molecular weight excluding hydrogens is 410 g/mol. The minimum absolute atomic E-state index is 0.207. The smallest absolute Gasteiger partial charge is 0.208 e. The maximum absolute atomic E-state index is 13.2. The number of nitrogens with zero attached hydrogens (tertiary/aromatic N) is 3. The first-order valence-corrected chi connectivity index (χ1v) is 11.1. The molecule has 7 nitrogen and oxygen atoms in total. The van der Waals surface area contributed by atoms with Crippen LogP contribution in [0.3, 0.4) is 0 Å². The normalized spacial score (nSPS) is 12.0. The third-order valence-electron chi connectivity index (χ3n) is 4.75. The Morgan fingerprint density at radius 3 is 2.42 bits per heavy atom. The first-order valence-electron chi connectivity index (χ1n) is 9.63. The van der Waals surface area contributed by atoms with Crippen LogP contribution in [0.4, 0.5) is 5.69 Å². The van der Waals surface area contributed by atoms with Crippen LogP contribution >= 0.6 is 0 Å². The van der Waals surface area contributed by atoms with Crippen molar-refractivity contribution in [2.24, 2.45) is 4.99 Å². The number of rotatable bonds is 5. The van der Waals surface area contributed by atoms with Crippen molar-refractivity contribution in [1.29, 1.82) is 0 Å². The molecule has 4 aromatic rings. The van der Waals surface area contributed by atoms with E-state index in [-0.39, 0.29) is 9.79 Å². The van der Waals surface area contributed by atoms with Gasteiger partial charge >= 0.3 is 0 Å². The zero-order valence-electron chi connectivity index (χ0n) is 16.9. The summed E-state index contributed by atoms with van der Waals surface area (Å²) in [4.78, 5) is 12.9. The van der Waals surface area contributed by atoms with Crippen molar-refractivity contribution < 1.29 is 8.42 Å². The Kier molecular flexibility index (Phi) is 5.90. The van der Waals surface area contributed by atoms with Gasteiger partial charge in [0.2, 0.25) is 9.84 Å². The van der Waals surface area contributed by atoms with Gasteiger partial charge < -0.3 is 10.6 Å². The Balaban J connectivity index is 1.50. The molecule has 0 aliphatic heterocycles. The summed E-state index contributed by atoms with van der Waals surface area (Å²) in [6.45, 7) is 0.487. The molecule has 0 aliphatic rings. The van der Waals surface area contributed by atoms with Gasteiger partial charge in [0, 0.05) is 43.3 Å². The molecular formula is C23H21N5O2S. The third-order valence-corrected chi connectivity index (χ3v) is 6.55. The van der Waals surface area contributed by atoms with Crippen LogP contribution in [0.1, 0.15) is 5.56 Å². The molecule has 0 unspecified atom stereocenters. The number of guanidine groups is 1. The van der Waals surface area contributed by atoms with Crippen molar-refractivity contribution in [3.8, 4) is 0 Å². The molecule has 0 spiro atoms. The standard InChI is InChI=1S/C23H21N5O2S/c1-24-23(28-19-11-14-25-15-12-19)27-16-17-7-9-20(10-8-17)31(29,30)21-6-2-4-18-5-3-13-26-22(18)21/h2-15H,16H2,1H3,(H2,24,25,27,28). The van der Waals surface area contributed by atoms with Gasteiger partial charge in [-0.3, -0.25) is 15.0 Å². The summed E-state index contributed by atoms with van der Waals surface area (Å²) in [5, 5.41) is 7.17. The van der Waals surface area contributed by atoms with E-state index in [2.05, 4.69) is 25.6 Å². The van der Waals surface area contributed by atoms with E-state index in [1.165, 1.54) is 0 Å². The van der Waals surface area contributed by atoms with Crippen molar-refractivity contribution >= 4 is 32.4 Å². The molecule has 2 aromatic heterocycles. The number of pyridine rings is 2. The SMILES string of the molecule is CN=C(NCc1ccc(S(=O)(=O)c2cccc3cccnc23)cc1)Nc1ccncc1. The summed E-state index contributed by atoms with van der Waals surface area (Å²) in [5.74, 6) is 0.602. The van der Waals surface area contributed by atoms with Crippen LogP contribution < -0.4 is 10.6 Å². The first kappa shape index (κ1) is 20.5. The maximum atomic E-state index is 13.2. The van der Waals surface area contributed by atoms with E-state index in [4.69, 9.17) is 0 Å². The van der Waals surface area contributed by atoms with Gasteiger partial charge in [-0.15, -0.1) is 0 Å². The zero-order valence-corrected chi connectivity index (χ0v) is 17.7. The van der Waals surface area contributed by atoms with E-state index in [0.717, 1.165) is 16.6 Å². The number of hydrogen-bond acceptors (Lipinski definition) is 5. The average molecular weight is 432 g/mol. The van der Waals surface area contributed by atoms with Crippen LogP contribution in [0.2, 0.25) is 0 Å².